The van der Waals surface area contributed by atoms with Crippen LogP contribution in [0.5, 0.6) is 0 Å². The van der Waals surface area contributed by atoms with Crippen molar-refractivity contribution in [2.45, 2.75) is 57.2 Å². The van der Waals surface area contributed by atoms with Crippen LogP contribution in [0.25, 0.3) is 0 Å². The van der Waals surface area contributed by atoms with Gasteiger partial charge < -0.3 is 19.4 Å². The Labute approximate surface area is 247 Å². The predicted octanol–water partition coefficient (Wildman–Crippen LogP) is 3.00. The van der Waals surface area contributed by atoms with Gasteiger partial charge in [0.15, 0.2) is 0 Å². The Kier molecular flexibility index (Phi) is 7.52. The Balaban J connectivity index is 1.08. The first-order chi connectivity index (χ1) is 20.1. The van der Waals surface area contributed by atoms with E-state index in [-0.39, 0.29) is 49.5 Å². The number of nitrogens with zero attached hydrogens (tertiary/aromatic N) is 6. The maximum Gasteiger partial charge on any atom is 0.324 e. The SMILES string of the molecule is C[Si](C)(C)CCOCN1C(=O)CCC(N2Cc3cc(N4CCN(C5CN(c6ccccn6)C5)C4=O)ccc3C2=O)C1=O. The first-order valence-corrected chi connectivity index (χ1v) is 18.4. The third-order valence-corrected chi connectivity index (χ3v) is 10.3. The Hall–Kier alpha value is -3.77. The topological polar surface area (TPSA) is 107 Å². The maximum absolute atomic E-state index is 13.4. The second-order valence-electron chi connectivity index (χ2n) is 12.7. The van der Waals surface area contributed by atoms with Crippen LogP contribution in [-0.4, -0.2) is 103 Å². The summed E-state index contributed by atoms with van der Waals surface area (Å²) in [6.45, 7) is 10.1. The highest BCUT2D eigenvalue weighted by molar-refractivity contribution is 6.76. The van der Waals surface area contributed by atoms with Gasteiger partial charge in [0.05, 0.1) is 6.04 Å². The monoisotopic (exact) mass is 590 g/mol. The van der Waals surface area contributed by atoms with Crippen LogP contribution in [0.15, 0.2) is 42.6 Å². The number of piperidine rings is 1. The van der Waals surface area contributed by atoms with Gasteiger partial charge in [-0.3, -0.25) is 24.2 Å². The molecule has 0 radical (unpaired) electrons. The molecular weight excluding hydrogens is 552 g/mol. The summed E-state index contributed by atoms with van der Waals surface area (Å²) in [5.74, 6) is 0.0551. The molecule has 5 amide bonds. The van der Waals surface area contributed by atoms with Crippen LogP contribution >= 0.6 is 0 Å². The van der Waals surface area contributed by atoms with Crippen molar-refractivity contribution in [1.29, 1.82) is 0 Å². The summed E-state index contributed by atoms with van der Waals surface area (Å²) in [4.78, 5) is 65.6. The lowest BCUT2D eigenvalue weighted by Crippen LogP contribution is -2.60. The second-order valence-corrected chi connectivity index (χ2v) is 18.3. The van der Waals surface area contributed by atoms with Crippen LogP contribution in [0.1, 0.15) is 28.8 Å². The number of imide groups is 1. The zero-order chi connectivity index (χ0) is 29.6. The van der Waals surface area contributed by atoms with E-state index in [2.05, 4.69) is 29.5 Å². The number of amides is 5. The third kappa shape index (κ3) is 5.40. The summed E-state index contributed by atoms with van der Waals surface area (Å²) in [5, 5.41) is 0. The van der Waals surface area contributed by atoms with Crippen LogP contribution in [0, 0.1) is 0 Å². The molecule has 3 fully saturated rings. The van der Waals surface area contributed by atoms with Crippen molar-refractivity contribution in [3.8, 4) is 0 Å². The molecule has 0 N–H and O–H groups in total. The number of aromatic nitrogens is 1. The van der Waals surface area contributed by atoms with Crippen LogP contribution in [-0.2, 0) is 20.9 Å². The fraction of sp³-hybridized carbons (Fsp3) is 0.500. The first kappa shape index (κ1) is 28.4. The van der Waals surface area contributed by atoms with Crippen molar-refractivity contribution in [3.63, 3.8) is 0 Å². The molecule has 42 heavy (non-hydrogen) atoms. The molecule has 4 aliphatic rings. The molecule has 1 unspecified atom stereocenters. The normalized spacial score (nSPS) is 21.5. The number of rotatable bonds is 9. The number of fused-ring (bicyclic) bond motifs is 1. The van der Waals surface area contributed by atoms with Crippen molar-refractivity contribution < 1.29 is 23.9 Å². The second kappa shape index (κ2) is 11.1. The Morgan fingerprint density at radius 2 is 1.81 bits per heavy atom. The van der Waals surface area contributed by atoms with Gasteiger partial charge in [0.1, 0.15) is 18.6 Å². The number of carbonyl (C=O) groups excluding carboxylic acids is 4. The van der Waals surface area contributed by atoms with Gasteiger partial charge in [-0.15, -0.1) is 0 Å². The molecular formula is C30H38N6O5Si. The molecule has 0 aliphatic carbocycles. The molecule has 3 saturated heterocycles. The Morgan fingerprint density at radius 1 is 1.00 bits per heavy atom. The number of likely N-dealkylation sites (tertiary alicyclic amines) is 1. The van der Waals surface area contributed by atoms with Gasteiger partial charge in [-0.2, -0.15) is 0 Å². The number of ether oxygens (including phenoxy) is 1. The van der Waals surface area contributed by atoms with Gasteiger partial charge in [-0.05, 0) is 48.4 Å². The highest BCUT2D eigenvalue weighted by atomic mass is 28.3. The molecule has 222 valence electrons. The van der Waals surface area contributed by atoms with E-state index in [9.17, 15) is 19.2 Å². The van der Waals surface area contributed by atoms with E-state index in [1.54, 1.807) is 22.1 Å². The maximum atomic E-state index is 13.4. The first-order valence-electron chi connectivity index (χ1n) is 14.7. The molecule has 1 aromatic heterocycles. The zero-order valence-electron chi connectivity index (χ0n) is 24.5. The summed E-state index contributed by atoms with van der Waals surface area (Å²) >= 11 is 0. The third-order valence-electron chi connectivity index (χ3n) is 8.63. The molecule has 0 spiro atoms. The van der Waals surface area contributed by atoms with E-state index >= 15 is 0 Å². The smallest absolute Gasteiger partial charge is 0.324 e. The Morgan fingerprint density at radius 3 is 2.55 bits per heavy atom. The van der Waals surface area contributed by atoms with E-state index in [1.165, 1.54) is 0 Å². The lowest BCUT2D eigenvalue weighted by Gasteiger charge is -2.44. The van der Waals surface area contributed by atoms with Gasteiger partial charge in [0.2, 0.25) is 5.91 Å². The number of anilines is 2. The minimum absolute atomic E-state index is 0.0347. The van der Waals surface area contributed by atoms with E-state index < -0.39 is 14.1 Å². The zero-order valence-corrected chi connectivity index (χ0v) is 25.5. The van der Waals surface area contributed by atoms with Crippen molar-refractivity contribution in [2.24, 2.45) is 0 Å². The van der Waals surface area contributed by atoms with Crippen molar-refractivity contribution in [2.75, 3.05) is 49.3 Å². The molecule has 12 heteroatoms. The standard InChI is InChI=1S/C30H38N6O5Si/c1-42(2,3)15-14-41-20-36-27(37)10-9-25(29(36)39)35-17-21-16-22(7-8-24(21)28(35)38)33-12-13-34(30(33)40)23-18-32(19-23)26-6-4-5-11-31-26/h4-8,11,16,23,25H,9-10,12-15,17-20H2,1-3H3. The molecule has 6 rings (SSSR count). The largest absolute Gasteiger partial charge is 0.361 e. The average molecular weight is 591 g/mol. The lowest BCUT2D eigenvalue weighted by atomic mass is 10.0. The molecule has 11 nitrogen and oxygen atoms in total. The van der Waals surface area contributed by atoms with Crippen LogP contribution < -0.4 is 9.80 Å². The fourth-order valence-electron chi connectivity index (χ4n) is 6.04. The average Bonchev–Trinajstić information content (AvgIpc) is 3.46. The van der Waals surface area contributed by atoms with Crippen molar-refractivity contribution in [3.05, 3.63) is 53.7 Å². The number of pyridine rings is 1. The van der Waals surface area contributed by atoms with E-state index in [4.69, 9.17) is 4.74 Å². The van der Waals surface area contributed by atoms with Gasteiger partial charge >= 0.3 is 6.03 Å². The number of hydrogen-bond donors (Lipinski definition) is 0. The van der Waals surface area contributed by atoms with Gasteiger partial charge in [-0.1, -0.05) is 25.7 Å². The number of benzene rings is 1. The minimum atomic E-state index is -1.30. The Bertz CT molecular complexity index is 1390. The minimum Gasteiger partial charge on any atom is -0.361 e. The summed E-state index contributed by atoms with van der Waals surface area (Å²) in [6, 6.07) is 11.6. The van der Waals surface area contributed by atoms with E-state index in [1.807, 2.05) is 35.2 Å². The van der Waals surface area contributed by atoms with Crippen molar-refractivity contribution in [1.82, 2.24) is 19.7 Å². The molecule has 4 aliphatic heterocycles. The molecule has 2 aromatic rings. The lowest BCUT2D eigenvalue weighted by molar-refractivity contribution is -0.158. The summed E-state index contributed by atoms with van der Waals surface area (Å²) in [5.41, 5.74) is 2.07. The van der Waals surface area contributed by atoms with Gasteiger partial charge in [-0.25, -0.2) is 9.78 Å². The highest BCUT2D eigenvalue weighted by Gasteiger charge is 2.44. The van der Waals surface area contributed by atoms with E-state index in [0.717, 1.165) is 41.1 Å². The van der Waals surface area contributed by atoms with Crippen LogP contribution in [0.4, 0.5) is 16.3 Å². The predicted molar refractivity (Wildman–Crippen MR) is 160 cm³/mol. The van der Waals surface area contributed by atoms with Crippen LogP contribution in [0.2, 0.25) is 25.7 Å². The summed E-state index contributed by atoms with van der Waals surface area (Å²) < 4.78 is 5.71. The fourth-order valence-corrected chi connectivity index (χ4v) is 6.80. The number of hydrogen-bond acceptors (Lipinski definition) is 7. The highest BCUT2D eigenvalue weighted by Crippen LogP contribution is 2.33. The number of urea groups is 1. The number of carbonyl (C=O) groups is 4. The van der Waals surface area contributed by atoms with Crippen molar-refractivity contribution >= 4 is 43.3 Å². The van der Waals surface area contributed by atoms with E-state index in [0.29, 0.717) is 31.7 Å². The molecule has 5 heterocycles. The van der Waals surface area contributed by atoms with Crippen LogP contribution in [0.3, 0.4) is 0 Å². The molecule has 0 saturated carbocycles. The molecule has 1 aromatic carbocycles. The molecule has 0 bridgehead atoms. The quantitative estimate of drug-likeness (QED) is 0.251. The summed E-state index contributed by atoms with van der Waals surface area (Å²) in [7, 11) is -1.30. The van der Waals surface area contributed by atoms with Gasteiger partial charge in [0, 0.05) is 71.3 Å². The molecule has 1 atom stereocenters. The van der Waals surface area contributed by atoms with Gasteiger partial charge in [0.25, 0.3) is 11.8 Å². The summed E-state index contributed by atoms with van der Waals surface area (Å²) in [6.07, 6.45) is 2.26.